The second kappa shape index (κ2) is 9.69. The van der Waals surface area contributed by atoms with Crippen LogP contribution in [0.1, 0.15) is 43.7 Å². The van der Waals surface area contributed by atoms with Gasteiger partial charge in [-0.15, -0.1) is 4.40 Å². The Morgan fingerprint density at radius 3 is 2.39 bits per heavy atom. The van der Waals surface area contributed by atoms with Gasteiger partial charge in [0.25, 0.3) is 10.0 Å². The van der Waals surface area contributed by atoms with E-state index >= 15 is 0 Å². The molecule has 0 spiro atoms. The molecule has 2 aliphatic heterocycles. The predicted octanol–water partition coefficient (Wildman–Crippen LogP) is 4.44. The molecule has 8 heteroatoms. The number of hydrogen-bond donors (Lipinski definition) is 1. The van der Waals surface area contributed by atoms with Crippen LogP contribution in [0.25, 0.3) is 4.91 Å². The monoisotopic (exact) mass is 485 g/mol. The third-order valence-corrected chi connectivity index (χ3v) is 8.09. The summed E-state index contributed by atoms with van der Waals surface area (Å²) in [5.74, 6) is 0.708. The Hall–Kier alpha value is -2.64. The number of sulfonamides is 1. The summed E-state index contributed by atoms with van der Waals surface area (Å²) in [6.07, 6.45) is 1.32. The van der Waals surface area contributed by atoms with Gasteiger partial charge < -0.3 is 10.2 Å². The molecule has 6 nitrogen and oxygen atoms in total. The van der Waals surface area contributed by atoms with E-state index in [2.05, 4.69) is 28.8 Å². The fourth-order valence-corrected chi connectivity index (χ4v) is 6.04. The lowest BCUT2D eigenvalue weighted by atomic mass is 9.94. The van der Waals surface area contributed by atoms with Crippen LogP contribution < -0.4 is 5.32 Å². The first-order chi connectivity index (χ1) is 15.8. The van der Waals surface area contributed by atoms with Gasteiger partial charge in [0.1, 0.15) is 10.7 Å². The number of carbonyl (C=O) groups excluding carboxylic acids is 1. The van der Waals surface area contributed by atoms with Crippen LogP contribution >= 0.6 is 11.6 Å². The summed E-state index contributed by atoms with van der Waals surface area (Å²) in [5.41, 5.74) is 2.42. The molecule has 33 heavy (non-hydrogen) atoms. The summed E-state index contributed by atoms with van der Waals surface area (Å²) in [6, 6.07) is 16.9. The quantitative estimate of drug-likeness (QED) is 0.678. The van der Waals surface area contributed by atoms with Gasteiger partial charge in [-0.3, -0.25) is 4.79 Å². The summed E-state index contributed by atoms with van der Waals surface area (Å²) in [4.78, 5) is 14.9. The Morgan fingerprint density at radius 1 is 1.12 bits per heavy atom. The van der Waals surface area contributed by atoms with Crippen LogP contribution in [0.3, 0.4) is 0 Å². The van der Waals surface area contributed by atoms with E-state index in [1.165, 1.54) is 5.56 Å². The van der Waals surface area contributed by atoms with Crippen LogP contribution in [0.15, 0.2) is 64.6 Å². The third kappa shape index (κ3) is 5.14. The fourth-order valence-electron chi connectivity index (χ4n) is 4.44. The first-order valence-corrected chi connectivity index (χ1v) is 13.0. The zero-order chi connectivity index (χ0) is 23.6. The molecule has 1 N–H and O–H groups in total. The van der Waals surface area contributed by atoms with Crippen LogP contribution in [-0.2, 0) is 14.8 Å². The number of amides is 1. The van der Waals surface area contributed by atoms with Gasteiger partial charge in [-0.2, -0.15) is 8.42 Å². The van der Waals surface area contributed by atoms with E-state index in [1.807, 2.05) is 23.1 Å². The first-order valence-electron chi connectivity index (χ1n) is 11.2. The molecule has 0 bridgehead atoms. The molecule has 0 aliphatic carbocycles. The van der Waals surface area contributed by atoms with Gasteiger partial charge in [-0.05, 0) is 48.9 Å². The van der Waals surface area contributed by atoms with Gasteiger partial charge in [0.2, 0.25) is 5.91 Å². The minimum atomic E-state index is -3.77. The average Bonchev–Trinajstić information content (AvgIpc) is 3.07. The van der Waals surface area contributed by atoms with Crippen molar-refractivity contribution >= 4 is 38.3 Å². The summed E-state index contributed by atoms with van der Waals surface area (Å²) in [7, 11) is -3.77. The first kappa shape index (κ1) is 23.5. The lowest BCUT2D eigenvalue weighted by molar-refractivity contribution is -0.126. The van der Waals surface area contributed by atoms with Gasteiger partial charge in [-0.25, -0.2) is 0 Å². The van der Waals surface area contributed by atoms with Crippen molar-refractivity contribution in [2.24, 2.45) is 10.3 Å². The van der Waals surface area contributed by atoms with Gasteiger partial charge in [-0.1, -0.05) is 61.0 Å². The highest BCUT2D eigenvalue weighted by atomic mass is 35.5. The number of benzene rings is 2. The molecule has 1 atom stereocenters. The molecule has 0 saturated carbocycles. The zero-order valence-corrected chi connectivity index (χ0v) is 20.4. The molecule has 2 aromatic carbocycles. The van der Waals surface area contributed by atoms with Crippen molar-refractivity contribution < 1.29 is 13.2 Å². The Bertz CT molecular complexity index is 1180. The standard InChI is InChI=1S/C25H28ClN3O3S/c1-17(19-6-4-3-5-7-19)16-27-25(30)21-12-14-29(15-13-21)24-18(2)23(33(31,32)28-24)20-8-10-22(26)11-9-20/h3-11,17,21H,12-16H2,1-2H3,(H,27,30). The van der Waals surface area contributed by atoms with Crippen LogP contribution in [0, 0.1) is 5.92 Å². The van der Waals surface area contributed by atoms with Crippen LogP contribution in [0.2, 0.25) is 5.02 Å². The molecule has 4 rings (SSSR count). The van der Waals surface area contributed by atoms with Gasteiger partial charge in [0.05, 0.1) is 0 Å². The highest BCUT2D eigenvalue weighted by molar-refractivity contribution is 8.00. The topological polar surface area (TPSA) is 78.8 Å². The lowest BCUT2D eigenvalue weighted by Crippen LogP contribution is -2.43. The molecular formula is C25H28ClN3O3S. The summed E-state index contributed by atoms with van der Waals surface area (Å²) in [6.45, 7) is 5.67. The molecule has 1 fully saturated rings. The Morgan fingerprint density at radius 2 is 1.76 bits per heavy atom. The highest BCUT2D eigenvalue weighted by Gasteiger charge is 2.35. The van der Waals surface area contributed by atoms with Crippen molar-refractivity contribution in [1.82, 2.24) is 10.2 Å². The fraction of sp³-hybridized carbons (Fsp3) is 0.360. The predicted molar refractivity (Wildman–Crippen MR) is 133 cm³/mol. The number of hydrogen-bond acceptors (Lipinski definition) is 4. The molecule has 2 heterocycles. The van der Waals surface area contributed by atoms with Crippen molar-refractivity contribution in [3.05, 3.63) is 76.3 Å². The highest BCUT2D eigenvalue weighted by Crippen LogP contribution is 2.35. The number of nitrogens with one attached hydrogen (secondary N) is 1. The normalized spacial score (nSPS) is 19.4. The molecule has 1 saturated heterocycles. The molecule has 174 valence electrons. The van der Waals surface area contributed by atoms with Crippen molar-refractivity contribution in [1.29, 1.82) is 0 Å². The molecule has 1 unspecified atom stereocenters. The molecule has 1 amide bonds. The number of halogens is 1. The Balaban J connectivity index is 1.37. The van der Waals surface area contributed by atoms with Gasteiger partial charge in [0.15, 0.2) is 0 Å². The Labute approximate surface area is 200 Å². The largest absolute Gasteiger partial charge is 0.356 e. The van der Waals surface area contributed by atoms with E-state index < -0.39 is 10.0 Å². The van der Waals surface area contributed by atoms with Crippen LogP contribution in [0.5, 0.6) is 0 Å². The number of likely N-dealkylation sites (tertiary alicyclic amines) is 1. The molecular weight excluding hydrogens is 458 g/mol. The lowest BCUT2D eigenvalue weighted by Gasteiger charge is -2.33. The number of amidine groups is 1. The van der Waals surface area contributed by atoms with E-state index in [1.54, 1.807) is 31.2 Å². The molecule has 0 aromatic heterocycles. The van der Waals surface area contributed by atoms with Crippen molar-refractivity contribution in [2.75, 3.05) is 19.6 Å². The number of carbonyl (C=O) groups is 1. The second-order valence-corrected chi connectivity index (χ2v) is 10.6. The summed E-state index contributed by atoms with van der Waals surface area (Å²) in [5, 5.41) is 3.63. The zero-order valence-electron chi connectivity index (χ0n) is 18.8. The molecule has 2 aliphatic rings. The van der Waals surface area contributed by atoms with Crippen LogP contribution in [-0.4, -0.2) is 44.7 Å². The third-order valence-electron chi connectivity index (χ3n) is 6.36. The second-order valence-electron chi connectivity index (χ2n) is 8.67. The number of nitrogens with zero attached hydrogens (tertiary/aromatic N) is 2. The van der Waals surface area contributed by atoms with Crippen molar-refractivity contribution in [3.8, 4) is 0 Å². The minimum absolute atomic E-state index is 0.0625. The van der Waals surface area contributed by atoms with E-state index in [0.717, 1.165) is 0 Å². The summed E-state index contributed by atoms with van der Waals surface area (Å²) >= 11 is 5.95. The smallest absolute Gasteiger partial charge is 0.285 e. The van der Waals surface area contributed by atoms with Crippen molar-refractivity contribution in [3.63, 3.8) is 0 Å². The number of piperidine rings is 1. The maximum atomic E-state index is 12.8. The minimum Gasteiger partial charge on any atom is -0.356 e. The van der Waals surface area contributed by atoms with E-state index in [4.69, 9.17) is 11.6 Å². The SMILES string of the molecule is CC1=C(c2ccc(Cl)cc2)S(=O)(=O)N=C1N1CCC(C(=O)NCC(C)c2ccccc2)CC1. The van der Waals surface area contributed by atoms with E-state index in [-0.39, 0.29) is 22.6 Å². The number of rotatable bonds is 5. The maximum absolute atomic E-state index is 12.8. The Kier molecular flexibility index (Phi) is 6.91. The van der Waals surface area contributed by atoms with E-state index in [0.29, 0.717) is 54.5 Å². The van der Waals surface area contributed by atoms with E-state index in [9.17, 15) is 13.2 Å². The molecule has 2 aromatic rings. The van der Waals surface area contributed by atoms with Crippen molar-refractivity contribution in [2.45, 2.75) is 32.6 Å². The van der Waals surface area contributed by atoms with Gasteiger partial charge in [0, 0.05) is 36.1 Å². The molecule has 0 radical (unpaired) electrons. The summed E-state index contributed by atoms with van der Waals surface area (Å²) < 4.78 is 29.6. The average molecular weight is 486 g/mol. The van der Waals surface area contributed by atoms with Crippen LogP contribution in [0.4, 0.5) is 0 Å². The van der Waals surface area contributed by atoms with Gasteiger partial charge >= 0.3 is 0 Å². The maximum Gasteiger partial charge on any atom is 0.285 e.